The molecule has 0 saturated carbocycles. The quantitative estimate of drug-likeness (QED) is 0.166. The Bertz CT molecular complexity index is 1840. The Morgan fingerprint density at radius 3 is 2.11 bits per heavy atom. The van der Waals surface area contributed by atoms with Crippen molar-refractivity contribution in [3.8, 4) is 11.5 Å². The van der Waals surface area contributed by atoms with Crippen molar-refractivity contribution in [3.05, 3.63) is 130 Å². The number of benzene rings is 4. The summed E-state index contributed by atoms with van der Waals surface area (Å²) in [7, 11) is 3.11. The number of hydrogen-bond acceptors (Lipinski definition) is 6. The van der Waals surface area contributed by atoms with Crippen LogP contribution >= 0.6 is 0 Å². The van der Waals surface area contributed by atoms with Gasteiger partial charge in [0.1, 0.15) is 11.5 Å². The Hall–Kier alpha value is -4.97. The first kappa shape index (κ1) is 28.8. The van der Waals surface area contributed by atoms with Crippen molar-refractivity contribution in [2.75, 3.05) is 19.1 Å². The summed E-state index contributed by atoms with van der Waals surface area (Å²) < 4.78 is 11.2. The molecule has 6 heteroatoms. The number of nitrogens with zero attached hydrogens (tertiary/aromatic N) is 1. The van der Waals surface area contributed by atoms with Crippen LogP contribution in [0.3, 0.4) is 0 Å². The van der Waals surface area contributed by atoms with Crippen molar-refractivity contribution >= 4 is 29.1 Å². The number of carbonyl (C=O) groups excluding carboxylic acids is 3. The fraction of sp³-hybridized carbons (Fsp3) is 0.256. The van der Waals surface area contributed by atoms with Crippen LogP contribution in [0, 0.1) is 11.3 Å². The van der Waals surface area contributed by atoms with Gasteiger partial charge in [-0.25, -0.2) is 0 Å². The Labute approximate surface area is 263 Å². The molecule has 0 bridgehead atoms. The second kappa shape index (κ2) is 10.9. The van der Waals surface area contributed by atoms with Crippen molar-refractivity contribution in [2.24, 2.45) is 11.3 Å². The molecule has 4 aromatic carbocycles. The smallest absolute Gasteiger partial charge is 0.185 e. The van der Waals surface area contributed by atoms with Crippen LogP contribution in [0.5, 0.6) is 11.5 Å². The molecule has 3 unspecified atom stereocenters. The van der Waals surface area contributed by atoms with E-state index in [9.17, 15) is 14.4 Å². The summed E-state index contributed by atoms with van der Waals surface area (Å²) in [6.07, 6.45) is 4.82. The van der Waals surface area contributed by atoms with Crippen LogP contribution < -0.4 is 14.4 Å². The van der Waals surface area contributed by atoms with E-state index in [2.05, 4.69) is 13.8 Å². The van der Waals surface area contributed by atoms with Crippen molar-refractivity contribution in [1.29, 1.82) is 0 Å². The number of methoxy groups -OCH3 is 2. The fourth-order valence-electron chi connectivity index (χ4n) is 7.78. The monoisotopic (exact) mass is 597 g/mol. The molecule has 1 fully saturated rings. The predicted molar refractivity (Wildman–Crippen MR) is 175 cm³/mol. The maximum Gasteiger partial charge on any atom is 0.185 e. The predicted octanol–water partition coefficient (Wildman–Crippen LogP) is 7.22. The Balaban J connectivity index is 1.50. The van der Waals surface area contributed by atoms with Gasteiger partial charge >= 0.3 is 0 Å². The molecule has 1 spiro atoms. The highest BCUT2D eigenvalue weighted by Gasteiger charge is 2.71. The van der Waals surface area contributed by atoms with E-state index >= 15 is 0 Å². The number of ketones is 3. The highest BCUT2D eigenvalue weighted by Crippen LogP contribution is 2.61. The first-order valence-corrected chi connectivity index (χ1v) is 15.4. The summed E-state index contributed by atoms with van der Waals surface area (Å²) in [4.78, 5) is 46.7. The molecule has 3 aliphatic rings. The zero-order valence-electron chi connectivity index (χ0n) is 25.8. The van der Waals surface area contributed by atoms with Crippen molar-refractivity contribution in [3.63, 3.8) is 0 Å². The van der Waals surface area contributed by atoms with Crippen LogP contribution in [-0.2, 0) is 6.42 Å². The van der Waals surface area contributed by atoms with Gasteiger partial charge in [0.2, 0.25) is 0 Å². The molecule has 3 atom stereocenters. The average molecular weight is 598 g/mol. The number of anilines is 1. The second-order valence-electron chi connectivity index (χ2n) is 12.5. The number of rotatable bonds is 7. The van der Waals surface area contributed by atoms with Crippen molar-refractivity contribution in [1.82, 2.24) is 0 Å². The van der Waals surface area contributed by atoms with E-state index < -0.39 is 23.4 Å². The Morgan fingerprint density at radius 1 is 0.822 bits per heavy atom. The molecular formula is C39H35NO5. The maximum absolute atomic E-state index is 15.0. The lowest BCUT2D eigenvalue weighted by atomic mass is 9.64. The van der Waals surface area contributed by atoms with Crippen molar-refractivity contribution < 1.29 is 23.9 Å². The molecule has 0 amide bonds. The van der Waals surface area contributed by atoms with E-state index in [0.717, 1.165) is 23.2 Å². The van der Waals surface area contributed by atoms with Crippen LogP contribution in [0.2, 0.25) is 0 Å². The van der Waals surface area contributed by atoms with Gasteiger partial charge in [-0.05, 0) is 47.2 Å². The van der Waals surface area contributed by atoms with E-state index in [-0.39, 0.29) is 17.3 Å². The van der Waals surface area contributed by atoms with E-state index in [0.29, 0.717) is 39.7 Å². The molecule has 0 radical (unpaired) electrons. The van der Waals surface area contributed by atoms with Crippen LogP contribution in [-0.4, -0.2) is 43.7 Å². The van der Waals surface area contributed by atoms with Gasteiger partial charge in [-0.15, -0.1) is 0 Å². The van der Waals surface area contributed by atoms with Gasteiger partial charge in [0.05, 0.1) is 20.3 Å². The second-order valence-corrected chi connectivity index (χ2v) is 12.5. The van der Waals surface area contributed by atoms with Gasteiger partial charge in [0, 0.05) is 28.3 Å². The number of hydrogen-bond donors (Lipinski definition) is 0. The number of carbonyl (C=O) groups is 3. The molecule has 1 saturated heterocycles. The van der Waals surface area contributed by atoms with Gasteiger partial charge in [0.15, 0.2) is 28.8 Å². The van der Waals surface area contributed by atoms with E-state index in [4.69, 9.17) is 9.47 Å². The SMILES string of the molecule is COc1ccc(C2C(C(=O)c3ccc(CC(C)C)cc3)N3c4ccccc4C=CC3C23C(=O)c2ccccc2C3=O)cc1OC. The number of ether oxygens (including phenoxy) is 2. The van der Waals surface area contributed by atoms with Crippen molar-refractivity contribution in [2.45, 2.75) is 38.3 Å². The zero-order chi connectivity index (χ0) is 31.5. The lowest BCUT2D eigenvalue weighted by Crippen LogP contribution is -2.48. The molecular weight excluding hydrogens is 562 g/mol. The summed E-state index contributed by atoms with van der Waals surface area (Å²) in [5.74, 6) is -0.0243. The molecule has 1 aliphatic carbocycles. The summed E-state index contributed by atoms with van der Waals surface area (Å²) in [5.41, 5.74) is 3.31. The van der Waals surface area contributed by atoms with E-state index in [1.165, 1.54) is 0 Å². The molecule has 0 N–H and O–H groups in total. The fourth-order valence-corrected chi connectivity index (χ4v) is 7.78. The molecule has 45 heavy (non-hydrogen) atoms. The molecule has 6 nitrogen and oxygen atoms in total. The summed E-state index contributed by atoms with van der Waals surface area (Å²) in [6.45, 7) is 4.33. The third-order valence-electron chi connectivity index (χ3n) is 9.63. The Morgan fingerprint density at radius 2 is 1.47 bits per heavy atom. The van der Waals surface area contributed by atoms with Gasteiger partial charge in [-0.1, -0.05) is 98.8 Å². The standard InChI is InChI=1S/C39H35NO5/c1-23(2)21-24-13-15-26(16-14-24)36(41)35-34(27-17-19-31(44-3)32(22-27)45-4)39(37(42)28-10-6-7-11-29(28)38(39)43)33-20-18-25-9-5-8-12-30(25)40(33)35/h5-20,22-23,33-35H,21H2,1-4H3. The van der Waals surface area contributed by atoms with Crippen LogP contribution in [0.15, 0.2) is 97.1 Å². The van der Waals surface area contributed by atoms with Crippen LogP contribution in [0.4, 0.5) is 5.69 Å². The van der Waals surface area contributed by atoms with Gasteiger partial charge in [0.25, 0.3) is 0 Å². The number of Topliss-reactive ketones (excluding diaryl/α,β-unsaturated/α-hetero) is 3. The lowest BCUT2D eigenvalue weighted by molar-refractivity contribution is 0.0665. The third-order valence-corrected chi connectivity index (χ3v) is 9.63. The van der Waals surface area contributed by atoms with E-state index in [1.807, 2.05) is 77.7 Å². The third kappa shape index (κ3) is 4.19. The molecule has 2 aliphatic heterocycles. The number of fused-ring (bicyclic) bond motifs is 5. The summed E-state index contributed by atoms with van der Waals surface area (Å²) in [5, 5.41) is 0. The average Bonchev–Trinajstić information content (AvgIpc) is 3.50. The summed E-state index contributed by atoms with van der Waals surface area (Å²) >= 11 is 0. The molecule has 7 rings (SSSR count). The summed E-state index contributed by atoms with van der Waals surface area (Å²) in [6, 6.07) is 26.5. The Kier molecular flexibility index (Phi) is 6.96. The first-order chi connectivity index (χ1) is 21.8. The molecule has 0 aromatic heterocycles. The minimum absolute atomic E-state index is 0.144. The van der Waals surface area contributed by atoms with Crippen LogP contribution in [0.1, 0.15) is 67.5 Å². The topological polar surface area (TPSA) is 72.9 Å². The highest BCUT2D eigenvalue weighted by atomic mass is 16.5. The lowest BCUT2D eigenvalue weighted by Gasteiger charge is -2.37. The van der Waals surface area contributed by atoms with Crippen LogP contribution in [0.25, 0.3) is 6.08 Å². The largest absolute Gasteiger partial charge is 0.493 e. The van der Waals surface area contributed by atoms with E-state index in [1.54, 1.807) is 44.6 Å². The minimum Gasteiger partial charge on any atom is -0.493 e. The minimum atomic E-state index is -1.58. The zero-order valence-corrected chi connectivity index (χ0v) is 25.8. The van der Waals surface area contributed by atoms with Gasteiger partial charge < -0.3 is 14.4 Å². The first-order valence-electron chi connectivity index (χ1n) is 15.4. The number of para-hydroxylation sites is 1. The highest BCUT2D eigenvalue weighted by molar-refractivity contribution is 6.32. The van der Waals surface area contributed by atoms with Gasteiger partial charge in [-0.3, -0.25) is 14.4 Å². The van der Waals surface area contributed by atoms with Gasteiger partial charge in [-0.2, -0.15) is 0 Å². The molecule has 4 aromatic rings. The molecule has 226 valence electrons. The maximum atomic E-state index is 15.0. The molecule has 2 heterocycles. The normalized spacial score (nSPS) is 20.7.